The number of halogens is 2. The summed E-state index contributed by atoms with van der Waals surface area (Å²) in [4.78, 5) is 13.9. The maximum atomic E-state index is 13.9. The van der Waals surface area contributed by atoms with Crippen LogP contribution in [0.15, 0.2) is 30.3 Å². The molecule has 0 aliphatic heterocycles. The van der Waals surface area contributed by atoms with Crippen LogP contribution >= 0.6 is 11.6 Å². The first-order valence-corrected chi connectivity index (χ1v) is 8.74. The van der Waals surface area contributed by atoms with Crippen molar-refractivity contribution in [3.63, 3.8) is 0 Å². The van der Waals surface area contributed by atoms with Crippen molar-refractivity contribution in [1.29, 1.82) is 0 Å². The first kappa shape index (κ1) is 20.8. The second-order valence-corrected chi connectivity index (χ2v) is 6.39. The average Bonchev–Trinajstić information content (AvgIpc) is 2.67. The summed E-state index contributed by atoms with van der Waals surface area (Å²) < 4.78 is 29.8. The van der Waals surface area contributed by atoms with Gasteiger partial charge in [-0.3, -0.25) is 4.79 Å². The molecular formula is C20H23ClFNO4. The van der Waals surface area contributed by atoms with Crippen LogP contribution in [-0.2, 0) is 17.8 Å². The van der Waals surface area contributed by atoms with Gasteiger partial charge in [0, 0.05) is 30.6 Å². The fourth-order valence-electron chi connectivity index (χ4n) is 2.73. The monoisotopic (exact) mass is 395 g/mol. The fraction of sp³-hybridized carbons (Fsp3) is 0.350. The minimum atomic E-state index is -0.424. The zero-order valence-corrected chi connectivity index (χ0v) is 16.6. The first-order valence-electron chi connectivity index (χ1n) is 8.37. The molecule has 27 heavy (non-hydrogen) atoms. The largest absolute Gasteiger partial charge is 0.493 e. The molecule has 0 saturated carbocycles. The Hall–Kier alpha value is -2.47. The summed E-state index contributed by atoms with van der Waals surface area (Å²) >= 11 is 6.03. The number of benzene rings is 2. The van der Waals surface area contributed by atoms with Crippen molar-refractivity contribution in [2.24, 2.45) is 0 Å². The molecule has 5 nitrogen and oxygen atoms in total. The molecule has 0 aliphatic rings. The lowest BCUT2D eigenvalue weighted by atomic mass is 10.1. The van der Waals surface area contributed by atoms with Crippen LogP contribution in [0.3, 0.4) is 0 Å². The Bertz CT molecular complexity index is 767. The molecular weight excluding hydrogens is 373 g/mol. The van der Waals surface area contributed by atoms with E-state index in [-0.39, 0.29) is 18.9 Å². The third-order valence-corrected chi connectivity index (χ3v) is 4.59. The SMILES string of the molecule is COc1cc(CCC(=O)N(C)Cc2c(F)cccc2Cl)cc(OC)c1OC. The molecule has 2 rings (SSSR count). The summed E-state index contributed by atoms with van der Waals surface area (Å²) in [5.74, 6) is 1.02. The van der Waals surface area contributed by atoms with E-state index in [2.05, 4.69) is 0 Å². The number of hydrogen-bond acceptors (Lipinski definition) is 4. The molecule has 0 radical (unpaired) electrons. The third kappa shape index (κ3) is 5.04. The molecule has 2 aromatic rings. The van der Waals surface area contributed by atoms with Crippen molar-refractivity contribution in [1.82, 2.24) is 4.90 Å². The Morgan fingerprint density at radius 1 is 1.11 bits per heavy atom. The third-order valence-electron chi connectivity index (χ3n) is 4.23. The molecule has 0 spiro atoms. The molecule has 0 heterocycles. The van der Waals surface area contributed by atoms with Gasteiger partial charge in [-0.25, -0.2) is 4.39 Å². The molecule has 0 fully saturated rings. The number of rotatable bonds is 8. The van der Waals surface area contributed by atoms with E-state index in [0.717, 1.165) is 5.56 Å². The first-order chi connectivity index (χ1) is 12.9. The van der Waals surface area contributed by atoms with Crippen LogP contribution in [0.5, 0.6) is 17.2 Å². The Kier molecular flexibility index (Phi) is 7.30. The van der Waals surface area contributed by atoms with E-state index in [4.69, 9.17) is 25.8 Å². The highest BCUT2D eigenvalue weighted by Crippen LogP contribution is 2.38. The van der Waals surface area contributed by atoms with E-state index in [1.807, 2.05) is 12.1 Å². The Balaban J connectivity index is 2.06. The molecule has 2 aromatic carbocycles. The van der Waals surface area contributed by atoms with E-state index < -0.39 is 5.82 Å². The minimum absolute atomic E-state index is 0.111. The lowest BCUT2D eigenvalue weighted by molar-refractivity contribution is -0.130. The maximum absolute atomic E-state index is 13.9. The number of carbonyl (C=O) groups is 1. The zero-order valence-electron chi connectivity index (χ0n) is 15.8. The number of nitrogens with zero attached hydrogens (tertiary/aromatic N) is 1. The van der Waals surface area contributed by atoms with Crippen LogP contribution in [0.1, 0.15) is 17.5 Å². The van der Waals surface area contributed by atoms with Gasteiger partial charge in [-0.2, -0.15) is 0 Å². The number of ether oxygens (including phenoxy) is 3. The second-order valence-electron chi connectivity index (χ2n) is 5.98. The normalized spacial score (nSPS) is 10.4. The molecule has 0 aromatic heterocycles. The van der Waals surface area contributed by atoms with E-state index in [1.165, 1.54) is 38.4 Å². The topological polar surface area (TPSA) is 48.0 Å². The Labute approximate surface area is 163 Å². The zero-order chi connectivity index (χ0) is 20.0. The predicted octanol–water partition coefficient (Wildman–Crippen LogP) is 4.10. The summed E-state index contributed by atoms with van der Waals surface area (Å²) in [6, 6.07) is 8.09. The average molecular weight is 396 g/mol. The summed E-state index contributed by atoms with van der Waals surface area (Å²) in [7, 11) is 6.24. The van der Waals surface area contributed by atoms with Crippen LogP contribution in [0.25, 0.3) is 0 Å². The van der Waals surface area contributed by atoms with Gasteiger partial charge in [-0.05, 0) is 36.2 Å². The second kappa shape index (κ2) is 9.46. The summed E-state index contributed by atoms with van der Waals surface area (Å²) in [6.45, 7) is 0.111. The molecule has 0 aliphatic carbocycles. The summed E-state index contributed by atoms with van der Waals surface area (Å²) in [6.07, 6.45) is 0.728. The van der Waals surface area contributed by atoms with Gasteiger partial charge < -0.3 is 19.1 Å². The minimum Gasteiger partial charge on any atom is -0.493 e. The smallest absolute Gasteiger partial charge is 0.222 e. The number of carbonyl (C=O) groups excluding carboxylic acids is 1. The molecule has 7 heteroatoms. The van der Waals surface area contributed by atoms with Gasteiger partial charge in [0.2, 0.25) is 11.7 Å². The van der Waals surface area contributed by atoms with Gasteiger partial charge in [0.15, 0.2) is 11.5 Å². The molecule has 146 valence electrons. The molecule has 1 amide bonds. The predicted molar refractivity (Wildman–Crippen MR) is 102 cm³/mol. The van der Waals surface area contributed by atoms with Crippen LogP contribution in [0.2, 0.25) is 5.02 Å². The lowest BCUT2D eigenvalue weighted by Crippen LogP contribution is -2.27. The van der Waals surface area contributed by atoms with Gasteiger partial charge >= 0.3 is 0 Å². The van der Waals surface area contributed by atoms with Crippen molar-refractivity contribution >= 4 is 17.5 Å². The van der Waals surface area contributed by atoms with Crippen LogP contribution in [0.4, 0.5) is 4.39 Å². The standard InChI is InChI=1S/C20H23ClFNO4/c1-23(12-14-15(21)6-5-7-16(14)22)19(24)9-8-13-10-17(25-2)20(27-4)18(11-13)26-3/h5-7,10-11H,8-9,12H2,1-4H3. The van der Waals surface area contributed by atoms with Gasteiger partial charge in [0.05, 0.1) is 21.3 Å². The van der Waals surface area contributed by atoms with Crippen LogP contribution in [-0.4, -0.2) is 39.2 Å². The number of hydrogen-bond donors (Lipinski definition) is 0. The quantitative estimate of drug-likeness (QED) is 0.675. The lowest BCUT2D eigenvalue weighted by Gasteiger charge is -2.19. The van der Waals surface area contributed by atoms with Gasteiger partial charge in [-0.1, -0.05) is 17.7 Å². The van der Waals surface area contributed by atoms with Gasteiger partial charge in [0.25, 0.3) is 0 Å². The number of amides is 1. The highest BCUT2D eigenvalue weighted by molar-refractivity contribution is 6.31. The molecule has 0 saturated heterocycles. The molecule has 0 N–H and O–H groups in total. The van der Waals surface area contributed by atoms with Gasteiger partial charge in [0.1, 0.15) is 5.82 Å². The Morgan fingerprint density at radius 3 is 2.26 bits per heavy atom. The van der Waals surface area contributed by atoms with E-state index >= 15 is 0 Å². The van der Waals surface area contributed by atoms with Gasteiger partial charge in [-0.15, -0.1) is 0 Å². The highest BCUT2D eigenvalue weighted by Gasteiger charge is 2.17. The van der Waals surface area contributed by atoms with Crippen molar-refractivity contribution < 1.29 is 23.4 Å². The number of aryl methyl sites for hydroxylation is 1. The van der Waals surface area contributed by atoms with Crippen molar-refractivity contribution in [3.8, 4) is 17.2 Å². The van der Waals surface area contributed by atoms with Crippen LogP contribution in [0, 0.1) is 5.82 Å². The maximum Gasteiger partial charge on any atom is 0.222 e. The van der Waals surface area contributed by atoms with Crippen molar-refractivity contribution in [3.05, 3.63) is 52.3 Å². The molecule has 0 bridgehead atoms. The van der Waals surface area contributed by atoms with Crippen molar-refractivity contribution in [2.45, 2.75) is 19.4 Å². The molecule has 0 unspecified atom stereocenters. The van der Waals surface area contributed by atoms with Crippen molar-refractivity contribution in [2.75, 3.05) is 28.4 Å². The number of methoxy groups -OCH3 is 3. The fourth-order valence-corrected chi connectivity index (χ4v) is 2.95. The van der Waals surface area contributed by atoms with E-state index in [0.29, 0.717) is 34.3 Å². The molecule has 0 atom stereocenters. The van der Waals surface area contributed by atoms with Crippen LogP contribution < -0.4 is 14.2 Å². The summed E-state index contributed by atoms with van der Waals surface area (Å²) in [5.41, 5.74) is 1.18. The summed E-state index contributed by atoms with van der Waals surface area (Å²) in [5, 5.41) is 0.305. The highest BCUT2D eigenvalue weighted by atomic mass is 35.5. The van der Waals surface area contributed by atoms with E-state index in [9.17, 15) is 9.18 Å². The Morgan fingerprint density at radius 2 is 1.74 bits per heavy atom. The van der Waals surface area contributed by atoms with E-state index in [1.54, 1.807) is 13.1 Å².